The Morgan fingerprint density at radius 1 is 1.35 bits per heavy atom. The van der Waals surface area contributed by atoms with Gasteiger partial charge in [0.05, 0.1) is 12.6 Å². The van der Waals surface area contributed by atoms with Gasteiger partial charge in [-0.25, -0.2) is 0 Å². The van der Waals surface area contributed by atoms with Crippen molar-refractivity contribution in [1.82, 2.24) is 10.2 Å². The summed E-state index contributed by atoms with van der Waals surface area (Å²) in [6, 6.07) is 0.399. The molecule has 1 aliphatic carbocycles. The number of likely N-dealkylation sites (tertiary alicyclic amines) is 1. The highest BCUT2D eigenvalue weighted by molar-refractivity contribution is 5.78. The average molecular weight is 240 g/mol. The minimum absolute atomic E-state index is 0.124. The Hall–Kier alpha value is -0.610. The summed E-state index contributed by atoms with van der Waals surface area (Å²) in [6.07, 6.45) is 5.45. The van der Waals surface area contributed by atoms with Crippen LogP contribution >= 0.6 is 0 Å². The Bertz CT molecular complexity index is 264. The maximum atomic E-state index is 11.8. The molecule has 0 bridgehead atoms. The molecule has 2 atom stereocenters. The highest BCUT2D eigenvalue weighted by Gasteiger charge is 2.26. The van der Waals surface area contributed by atoms with Crippen LogP contribution in [0, 0.1) is 5.92 Å². The van der Waals surface area contributed by atoms with Crippen molar-refractivity contribution >= 4 is 5.91 Å². The predicted molar refractivity (Wildman–Crippen MR) is 66.6 cm³/mol. The number of aliphatic hydroxyl groups is 1. The molecule has 1 aliphatic heterocycles. The van der Waals surface area contributed by atoms with E-state index >= 15 is 0 Å². The first kappa shape index (κ1) is 12.8. The lowest BCUT2D eigenvalue weighted by Gasteiger charge is -2.33. The van der Waals surface area contributed by atoms with E-state index in [0.29, 0.717) is 25.0 Å². The summed E-state index contributed by atoms with van der Waals surface area (Å²) in [5.74, 6) is 0.489. The van der Waals surface area contributed by atoms with Crippen LogP contribution in [0.2, 0.25) is 0 Å². The van der Waals surface area contributed by atoms with Crippen LogP contribution < -0.4 is 5.32 Å². The standard InChI is InChI=1S/C13H24N2O2/c1-10-6-7-15(8-12(10)16)9-13(17)14-11-4-2-3-5-11/h10-12,16H,2-9H2,1H3,(H,14,17). The predicted octanol–water partition coefficient (Wildman–Crippen LogP) is 0.748. The third-order valence-electron chi connectivity index (χ3n) is 4.09. The van der Waals surface area contributed by atoms with Crippen molar-refractivity contribution < 1.29 is 9.90 Å². The largest absolute Gasteiger partial charge is 0.392 e. The summed E-state index contributed by atoms with van der Waals surface area (Å²) in [6.45, 7) is 4.08. The molecule has 17 heavy (non-hydrogen) atoms. The summed E-state index contributed by atoms with van der Waals surface area (Å²) in [5, 5.41) is 12.9. The fourth-order valence-electron chi connectivity index (χ4n) is 2.80. The van der Waals surface area contributed by atoms with Gasteiger partial charge in [-0.3, -0.25) is 9.69 Å². The number of amides is 1. The van der Waals surface area contributed by atoms with Crippen LogP contribution in [0.4, 0.5) is 0 Å². The third-order valence-corrected chi connectivity index (χ3v) is 4.09. The molecular weight excluding hydrogens is 216 g/mol. The molecule has 2 aliphatic rings. The van der Waals surface area contributed by atoms with Gasteiger partial charge < -0.3 is 10.4 Å². The van der Waals surface area contributed by atoms with Crippen molar-refractivity contribution in [3.8, 4) is 0 Å². The van der Waals surface area contributed by atoms with E-state index in [4.69, 9.17) is 0 Å². The smallest absolute Gasteiger partial charge is 0.234 e. The minimum Gasteiger partial charge on any atom is -0.392 e. The summed E-state index contributed by atoms with van der Waals surface area (Å²) < 4.78 is 0. The average Bonchev–Trinajstić information content (AvgIpc) is 2.76. The molecule has 1 saturated heterocycles. The van der Waals surface area contributed by atoms with Gasteiger partial charge in [0, 0.05) is 12.6 Å². The van der Waals surface area contributed by atoms with E-state index in [9.17, 15) is 9.90 Å². The molecule has 2 rings (SSSR count). The number of piperidine rings is 1. The molecule has 0 aromatic rings. The topological polar surface area (TPSA) is 52.6 Å². The second-order valence-electron chi connectivity index (χ2n) is 5.62. The zero-order chi connectivity index (χ0) is 12.3. The van der Waals surface area contributed by atoms with Gasteiger partial charge in [-0.2, -0.15) is 0 Å². The number of rotatable bonds is 3. The zero-order valence-corrected chi connectivity index (χ0v) is 10.7. The normalized spacial score (nSPS) is 31.6. The molecule has 0 aromatic heterocycles. The quantitative estimate of drug-likeness (QED) is 0.765. The highest BCUT2D eigenvalue weighted by Crippen LogP contribution is 2.18. The molecule has 1 saturated carbocycles. The van der Waals surface area contributed by atoms with Crippen molar-refractivity contribution in [2.75, 3.05) is 19.6 Å². The van der Waals surface area contributed by atoms with E-state index in [-0.39, 0.29) is 12.0 Å². The summed E-state index contributed by atoms with van der Waals surface area (Å²) in [7, 11) is 0. The molecule has 0 aromatic carbocycles. The number of aliphatic hydroxyl groups excluding tert-OH is 1. The van der Waals surface area contributed by atoms with Gasteiger partial charge in [-0.1, -0.05) is 19.8 Å². The molecule has 2 N–H and O–H groups in total. The third kappa shape index (κ3) is 3.68. The SMILES string of the molecule is CC1CCN(CC(=O)NC2CCCC2)CC1O. The van der Waals surface area contributed by atoms with Crippen molar-refractivity contribution in [1.29, 1.82) is 0 Å². The monoisotopic (exact) mass is 240 g/mol. The van der Waals surface area contributed by atoms with E-state index < -0.39 is 0 Å². The van der Waals surface area contributed by atoms with E-state index in [1.807, 2.05) is 0 Å². The molecule has 98 valence electrons. The van der Waals surface area contributed by atoms with Gasteiger partial charge in [0.15, 0.2) is 0 Å². The lowest BCUT2D eigenvalue weighted by molar-refractivity contribution is -0.123. The van der Waals surface area contributed by atoms with Gasteiger partial charge in [0.2, 0.25) is 5.91 Å². The van der Waals surface area contributed by atoms with E-state index in [1.54, 1.807) is 0 Å². The van der Waals surface area contributed by atoms with E-state index in [1.165, 1.54) is 12.8 Å². The molecule has 2 fully saturated rings. The Balaban J connectivity index is 1.71. The van der Waals surface area contributed by atoms with Crippen LogP contribution in [0.3, 0.4) is 0 Å². The summed E-state index contributed by atoms with van der Waals surface area (Å²) in [4.78, 5) is 13.9. The van der Waals surface area contributed by atoms with Gasteiger partial charge in [-0.05, 0) is 31.7 Å². The van der Waals surface area contributed by atoms with Gasteiger partial charge >= 0.3 is 0 Å². The first-order chi connectivity index (χ1) is 8.15. The van der Waals surface area contributed by atoms with Crippen LogP contribution in [0.15, 0.2) is 0 Å². The lowest BCUT2D eigenvalue weighted by Crippen LogP contribution is -2.48. The maximum absolute atomic E-state index is 11.8. The lowest BCUT2D eigenvalue weighted by atomic mass is 9.96. The molecule has 4 nitrogen and oxygen atoms in total. The molecule has 0 spiro atoms. The number of hydrogen-bond donors (Lipinski definition) is 2. The van der Waals surface area contributed by atoms with Crippen molar-refractivity contribution in [3.63, 3.8) is 0 Å². The van der Waals surface area contributed by atoms with Crippen molar-refractivity contribution in [3.05, 3.63) is 0 Å². The Kier molecular flexibility index (Phi) is 4.40. The molecular formula is C13H24N2O2. The van der Waals surface area contributed by atoms with Gasteiger partial charge in [0.25, 0.3) is 0 Å². The van der Waals surface area contributed by atoms with Crippen LogP contribution in [-0.4, -0.2) is 47.7 Å². The fourth-order valence-corrected chi connectivity index (χ4v) is 2.80. The van der Waals surface area contributed by atoms with E-state index in [2.05, 4.69) is 17.1 Å². The van der Waals surface area contributed by atoms with Crippen molar-refractivity contribution in [2.45, 2.75) is 51.2 Å². The highest BCUT2D eigenvalue weighted by atomic mass is 16.3. The number of hydrogen-bond acceptors (Lipinski definition) is 3. The number of β-amino-alcohol motifs (C(OH)–C–C–N with tert-alkyl or cyclic N) is 1. The van der Waals surface area contributed by atoms with Gasteiger partial charge in [-0.15, -0.1) is 0 Å². The first-order valence-electron chi connectivity index (χ1n) is 6.85. The summed E-state index contributed by atoms with van der Waals surface area (Å²) >= 11 is 0. The fraction of sp³-hybridized carbons (Fsp3) is 0.923. The van der Waals surface area contributed by atoms with E-state index in [0.717, 1.165) is 25.8 Å². The number of nitrogens with zero attached hydrogens (tertiary/aromatic N) is 1. The minimum atomic E-state index is -0.275. The van der Waals surface area contributed by atoms with Gasteiger partial charge in [0.1, 0.15) is 0 Å². The Morgan fingerprint density at radius 2 is 2.06 bits per heavy atom. The number of nitrogens with one attached hydrogen (secondary N) is 1. The summed E-state index contributed by atoms with van der Waals surface area (Å²) in [5.41, 5.74) is 0. The van der Waals surface area contributed by atoms with Crippen LogP contribution in [0.5, 0.6) is 0 Å². The number of carbonyl (C=O) groups is 1. The van der Waals surface area contributed by atoms with Crippen molar-refractivity contribution in [2.24, 2.45) is 5.92 Å². The second-order valence-corrected chi connectivity index (χ2v) is 5.62. The second kappa shape index (κ2) is 5.83. The molecule has 1 amide bonds. The van der Waals surface area contributed by atoms with Crippen LogP contribution in [-0.2, 0) is 4.79 Å². The van der Waals surface area contributed by atoms with Crippen LogP contribution in [0.25, 0.3) is 0 Å². The Morgan fingerprint density at radius 3 is 2.71 bits per heavy atom. The zero-order valence-electron chi connectivity index (χ0n) is 10.7. The maximum Gasteiger partial charge on any atom is 0.234 e. The molecule has 0 radical (unpaired) electrons. The molecule has 1 heterocycles. The number of carbonyl (C=O) groups excluding carboxylic acids is 1. The molecule has 2 unspecified atom stereocenters. The first-order valence-corrected chi connectivity index (χ1v) is 6.85. The Labute approximate surface area is 103 Å². The van der Waals surface area contributed by atoms with Crippen LogP contribution in [0.1, 0.15) is 39.0 Å². The molecule has 4 heteroatoms.